The van der Waals surface area contributed by atoms with Crippen molar-refractivity contribution >= 4 is 5.97 Å². The summed E-state index contributed by atoms with van der Waals surface area (Å²) >= 11 is 0. The lowest BCUT2D eigenvalue weighted by Crippen LogP contribution is -3.15. The van der Waals surface area contributed by atoms with Gasteiger partial charge in [-0.2, -0.15) is 0 Å². The van der Waals surface area contributed by atoms with Crippen LogP contribution in [0.5, 0.6) is 0 Å². The van der Waals surface area contributed by atoms with Crippen LogP contribution in [0.1, 0.15) is 57.4 Å². The highest BCUT2D eigenvalue weighted by Gasteiger charge is 2.34. The molecule has 1 unspecified atom stereocenters. The molecule has 1 aromatic rings. The number of hydrogen-bond acceptors (Lipinski definition) is 3. The number of rotatable bonds is 7. The minimum atomic E-state index is -0.113. The minimum Gasteiger partial charge on any atom is -1.00 e. The Hall–Kier alpha value is -1.10. The molecule has 158 valence electrons. The van der Waals surface area contributed by atoms with Gasteiger partial charge >= 0.3 is 5.97 Å². The Bertz CT molecular complexity index is 581. The van der Waals surface area contributed by atoms with Gasteiger partial charge in [0.05, 0.1) is 25.7 Å². The van der Waals surface area contributed by atoms with Gasteiger partial charge in [0.15, 0.2) is 0 Å². The van der Waals surface area contributed by atoms with Crippen LogP contribution in [-0.4, -0.2) is 45.4 Å². The van der Waals surface area contributed by atoms with Crippen LogP contribution in [0.3, 0.4) is 0 Å². The van der Waals surface area contributed by atoms with E-state index in [1.165, 1.54) is 19.3 Å². The molecule has 1 aliphatic carbocycles. The number of carbonyl (C=O) groups excluding carboxylic acids is 1. The standard InChI is InChI=1S/C23H35NO3.ClH/c1-23(2,17-24-13-15-26-16-14-24)18-27-22(25)21(19-9-5-3-6-10-19)20-11-7-4-8-12-20;/h3,5-6,9-10,20-21H,4,7-8,11-18H2,1-2H3;1H. The molecule has 3 rings (SSSR count). The Balaban J connectivity index is 0.00000280. The Morgan fingerprint density at radius 1 is 1.14 bits per heavy atom. The van der Waals surface area contributed by atoms with Crippen molar-refractivity contribution in [2.75, 3.05) is 39.5 Å². The van der Waals surface area contributed by atoms with Crippen LogP contribution in [0, 0.1) is 11.3 Å². The minimum absolute atomic E-state index is 0. The zero-order chi connectivity index (χ0) is 19.1. The van der Waals surface area contributed by atoms with Gasteiger partial charge < -0.3 is 26.8 Å². The summed E-state index contributed by atoms with van der Waals surface area (Å²) in [6, 6.07) is 10.3. The maximum atomic E-state index is 13.1. The van der Waals surface area contributed by atoms with Crippen molar-refractivity contribution in [3.63, 3.8) is 0 Å². The number of ether oxygens (including phenoxy) is 2. The molecule has 1 aliphatic heterocycles. The van der Waals surface area contributed by atoms with E-state index < -0.39 is 0 Å². The monoisotopic (exact) mass is 409 g/mol. The first-order chi connectivity index (χ1) is 13.1. The van der Waals surface area contributed by atoms with E-state index in [4.69, 9.17) is 9.47 Å². The lowest BCUT2D eigenvalue weighted by molar-refractivity contribution is -0.914. The van der Waals surface area contributed by atoms with Crippen molar-refractivity contribution in [1.82, 2.24) is 0 Å². The van der Waals surface area contributed by atoms with E-state index in [0.29, 0.717) is 12.5 Å². The maximum Gasteiger partial charge on any atom is 0.313 e. The molecule has 1 heterocycles. The highest BCUT2D eigenvalue weighted by molar-refractivity contribution is 5.78. The Kier molecular flexibility index (Phi) is 9.26. The molecule has 0 spiro atoms. The van der Waals surface area contributed by atoms with Crippen LogP contribution in [0.15, 0.2) is 30.3 Å². The van der Waals surface area contributed by atoms with Crippen LogP contribution in [0.4, 0.5) is 0 Å². The van der Waals surface area contributed by atoms with Crippen LogP contribution >= 0.6 is 0 Å². The predicted octanol–water partition coefficient (Wildman–Crippen LogP) is -0.161. The Morgan fingerprint density at radius 2 is 1.79 bits per heavy atom. The van der Waals surface area contributed by atoms with Gasteiger partial charge in [0.25, 0.3) is 0 Å². The van der Waals surface area contributed by atoms with Crippen molar-refractivity contribution < 1.29 is 31.6 Å². The summed E-state index contributed by atoms with van der Waals surface area (Å²) in [6.07, 6.45) is 6.02. The molecular weight excluding hydrogens is 374 g/mol. The first-order valence-corrected chi connectivity index (χ1v) is 10.7. The fourth-order valence-corrected chi connectivity index (χ4v) is 4.65. The smallest absolute Gasteiger partial charge is 0.313 e. The van der Waals surface area contributed by atoms with E-state index in [-0.39, 0.29) is 29.7 Å². The van der Waals surface area contributed by atoms with Crippen molar-refractivity contribution in [3.05, 3.63) is 35.9 Å². The number of esters is 1. The second-order valence-corrected chi connectivity index (χ2v) is 9.10. The van der Waals surface area contributed by atoms with E-state index in [0.717, 1.165) is 51.3 Å². The van der Waals surface area contributed by atoms with Crippen molar-refractivity contribution in [2.24, 2.45) is 11.3 Å². The summed E-state index contributed by atoms with van der Waals surface area (Å²) in [7, 11) is 0. The Morgan fingerprint density at radius 3 is 2.43 bits per heavy atom. The summed E-state index contributed by atoms with van der Waals surface area (Å²) in [5.41, 5.74) is 1.10. The molecule has 0 amide bonds. The van der Waals surface area contributed by atoms with Gasteiger partial charge in [-0.3, -0.25) is 4.79 Å². The first-order valence-electron chi connectivity index (χ1n) is 10.7. The summed E-state index contributed by atoms with van der Waals surface area (Å²) in [6.45, 7) is 9.70. The molecule has 2 aliphatic rings. The second-order valence-electron chi connectivity index (χ2n) is 9.10. The van der Waals surface area contributed by atoms with Gasteiger partial charge in [-0.25, -0.2) is 0 Å². The summed E-state index contributed by atoms with van der Waals surface area (Å²) in [5, 5.41) is 0. The average Bonchev–Trinajstić information content (AvgIpc) is 2.69. The number of quaternary nitrogens is 1. The normalized spacial score (nSPS) is 20.2. The van der Waals surface area contributed by atoms with E-state index >= 15 is 0 Å². The number of nitrogens with one attached hydrogen (secondary N) is 1. The number of hydrogen-bond donors (Lipinski definition) is 1. The van der Waals surface area contributed by atoms with Crippen molar-refractivity contribution in [2.45, 2.75) is 51.9 Å². The molecule has 1 atom stereocenters. The zero-order valence-electron chi connectivity index (χ0n) is 17.4. The van der Waals surface area contributed by atoms with Gasteiger partial charge in [-0.05, 0) is 24.3 Å². The third-order valence-electron chi connectivity index (χ3n) is 6.07. The number of morpholine rings is 1. The summed E-state index contributed by atoms with van der Waals surface area (Å²) in [4.78, 5) is 14.7. The molecule has 0 aromatic heterocycles. The molecule has 28 heavy (non-hydrogen) atoms. The topological polar surface area (TPSA) is 40.0 Å². The fraction of sp³-hybridized carbons (Fsp3) is 0.696. The lowest BCUT2D eigenvalue weighted by atomic mass is 9.77. The van der Waals surface area contributed by atoms with Gasteiger partial charge in [0.1, 0.15) is 19.7 Å². The summed E-state index contributed by atoms with van der Waals surface area (Å²) in [5.74, 6) is 0.276. The van der Waals surface area contributed by atoms with E-state index in [9.17, 15) is 4.79 Å². The molecule has 5 heteroatoms. The van der Waals surface area contributed by atoms with Crippen LogP contribution < -0.4 is 17.3 Å². The predicted molar refractivity (Wildman–Crippen MR) is 107 cm³/mol. The van der Waals surface area contributed by atoms with Crippen molar-refractivity contribution in [1.29, 1.82) is 0 Å². The molecule has 2 fully saturated rings. The second kappa shape index (κ2) is 11.2. The lowest BCUT2D eigenvalue weighted by Gasteiger charge is -2.33. The fourth-order valence-electron chi connectivity index (χ4n) is 4.65. The number of benzene rings is 1. The zero-order valence-corrected chi connectivity index (χ0v) is 18.2. The first kappa shape index (κ1) is 23.2. The van der Waals surface area contributed by atoms with Crippen molar-refractivity contribution in [3.8, 4) is 0 Å². The third kappa shape index (κ3) is 6.75. The molecule has 1 saturated carbocycles. The molecule has 4 nitrogen and oxygen atoms in total. The van der Waals surface area contributed by atoms with Crippen LogP contribution in [0.2, 0.25) is 0 Å². The SMILES string of the molecule is CC(C)(COC(=O)C(c1ccccc1)C1CCCCC1)C[NH+]1CCOCC1.[Cl-]. The Labute approximate surface area is 176 Å². The van der Waals surface area contributed by atoms with Gasteiger partial charge in [-0.15, -0.1) is 0 Å². The molecule has 0 radical (unpaired) electrons. The summed E-state index contributed by atoms with van der Waals surface area (Å²) < 4.78 is 11.4. The quantitative estimate of drug-likeness (QED) is 0.636. The van der Waals surface area contributed by atoms with Gasteiger partial charge in [-0.1, -0.05) is 63.4 Å². The van der Waals surface area contributed by atoms with Crippen LogP contribution in [0.25, 0.3) is 0 Å². The molecular formula is C23H36ClNO3. The average molecular weight is 410 g/mol. The van der Waals surface area contributed by atoms with Gasteiger partial charge in [0, 0.05) is 5.41 Å². The molecule has 1 N–H and O–H groups in total. The van der Waals surface area contributed by atoms with E-state index in [2.05, 4.69) is 26.0 Å². The van der Waals surface area contributed by atoms with E-state index in [1.54, 1.807) is 4.90 Å². The highest BCUT2D eigenvalue weighted by Crippen LogP contribution is 2.37. The maximum absolute atomic E-state index is 13.1. The van der Waals surface area contributed by atoms with Crippen LogP contribution in [-0.2, 0) is 14.3 Å². The third-order valence-corrected chi connectivity index (χ3v) is 6.07. The largest absolute Gasteiger partial charge is 1.00 e. The molecule has 0 bridgehead atoms. The molecule has 1 saturated heterocycles. The number of halogens is 1. The van der Waals surface area contributed by atoms with E-state index in [1.807, 2.05) is 18.2 Å². The number of carbonyl (C=O) groups is 1. The highest BCUT2D eigenvalue weighted by atomic mass is 35.5. The van der Waals surface area contributed by atoms with Gasteiger partial charge in [0.2, 0.25) is 0 Å². The molecule has 1 aromatic carbocycles.